The van der Waals surface area contributed by atoms with E-state index < -0.39 is 10.7 Å². The van der Waals surface area contributed by atoms with Crippen LogP contribution in [0.2, 0.25) is 0 Å². The molecule has 2 N–H and O–H groups in total. The standard InChI is InChI=1S/C12H8FN5O2S2/c13-7-3-4-9(8(6-7)18(19)20)22-12-16-15-11(17(12)14)10-2-1-5-21-10/h1-6H,14H2. The number of hydrogen-bond donors (Lipinski definition) is 1. The Balaban J connectivity index is 1.96. The summed E-state index contributed by atoms with van der Waals surface area (Å²) in [6.45, 7) is 0. The topological polar surface area (TPSA) is 99.9 Å². The van der Waals surface area contributed by atoms with Gasteiger partial charge in [-0.05, 0) is 35.3 Å². The Morgan fingerprint density at radius 1 is 1.36 bits per heavy atom. The van der Waals surface area contributed by atoms with Crippen molar-refractivity contribution in [3.05, 3.63) is 51.6 Å². The maximum atomic E-state index is 13.1. The molecule has 0 saturated heterocycles. The normalized spacial score (nSPS) is 10.8. The molecule has 3 aromatic rings. The number of nitrogen functional groups attached to an aromatic ring is 1. The van der Waals surface area contributed by atoms with Crippen molar-refractivity contribution >= 4 is 28.8 Å². The molecule has 7 nitrogen and oxygen atoms in total. The van der Waals surface area contributed by atoms with E-state index in [2.05, 4.69) is 10.2 Å². The quantitative estimate of drug-likeness (QED) is 0.446. The van der Waals surface area contributed by atoms with Crippen LogP contribution in [0.3, 0.4) is 0 Å². The summed E-state index contributed by atoms with van der Waals surface area (Å²) in [5.74, 6) is 5.72. The van der Waals surface area contributed by atoms with Gasteiger partial charge in [0.15, 0.2) is 5.82 Å². The van der Waals surface area contributed by atoms with Crippen molar-refractivity contribution in [1.82, 2.24) is 14.9 Å². The average molecular weight is 337 g/mol. The van der Waals surface area contributed by atoms with Gasteiger partial charge < -0.3 is 5.84 Å². The molecule has 10 heteroatoms. The van der Waals surface area contributed by atoms with Gasteiger partial charge in [0.05, 0.1) is 20.8 Å². The molecule has 0 atom stereocenters. The largest absolute Gasteiger partial charge is 0.335 e. The molecule has 0 bridgehead atoms. The molecule has 0 unspecified atom stereocenters. The predicted molar refractivity (Wildman–Crippen MR) is 80.7 cm³/mol. The average Bonchev–Trinajstić information content (AvgIpc) is 3.11. The number of hydrogen-bond acceptors (Lipinski definition) is 7. The Labute approximate surface area is 131 Å². The molecule has 112 valence electrons. The van der Waals surface area contributed by atoms with Gasteiger partial charge in [-0.2, -0.15) is 0 Å². The number of nitro benzene ring substituents is 1. The third-order valence-electron chi connectivity index (χ3n) is 2.73. The first-order chi connectivity index (χ1) is 10.6. The second kappa shape index (κ2) is 5.73. The van der Waals surface area contributed by atoms with E-state index in [1.165, 1.54) is 22.1 Å². The second-order valence-corrected chi connectivity index (χ2v) is 6.08. The monoisotopic (exact) mass is 337 g/mol. The van der Waals surface area contributed by atoms with Gasteiger partial charge in [-0.25, -0.2) is 9.07 Å². The molecule has 0 aliphatic heterocycles. The van der Waals surface area contributed by atoms with Gasteiger partial charge in [0.2, 0.25) is 5.16 Å². The van der Waals surface area contributed by atoms with E-state index in [1.807, 2.05) is 17.5 Å². The SMILES string of the molecule is Nn1c(Sc2ccc(F)cc2[N+](=O)[O-])nnc1-c1cccs1. The lowest BCUT2D eigenvalue weighted by Gasteiger charge is -2.03. The van der Waals surface area contributed by atoms with Crippen molar-refractivity contribution < 1.29 is 9.31 Å². The molecule has 1 aromatic carbocycles. The van der Waals surface area contributed by atoms with Crippen molar-refractivity contribution in [1.29, 1.82) is 0 Å². The van der Waals surface area contributed by atoms with Crippen molar-refractivity contribution in [2.75, 3.05) is 5.84 Å². The van der Waals surface area contributed by atoms with Gasteiger partial charge >= 0.3 is 0 Å². The molecule has 2 aromatic heterocycles. The zero-order chi connectivity index (χ0) is 15.7. The van der Waals surface area contributed by atoms with E-state index in [0.717, 1.165) is 28.8 Å². The summed E-state index contributed by atoms with van der Waals surface area (Å²) in [4.78, 5) is 11.4. The van der Waals surface area contributed by atoms with Crippen LogP contribution in [0, 0.1) is 15.9 Å². The number of nitrogens with zero attached hydrogens (tertiary/aromatic N) is 4. The van der Waals surface area contributed by atoms with Crippen molar-refractivity contribution in [3.63, 3.8) is 0 Å². The van der Waals surface area contributed by atoms with Crippen LogP contribution in [0.25, 0.3) is 10.7 Å². The van der Waals surface area contributed by atoms with Gasteiger partial charge in [0, 0.05) is 0 Å². The van der Waals surface area contributed by atoms with Crippen LogP contribution in [0.1, 0.15) is 0 Å². The minimum atomic E-state index is -0.676. The highest BCUT2D eigenvalue weighted by molar-refractivity contribution is 7.99. The summed E-state index contributed by atoms with van der Waals surface area (Å²) >= 11 is 2.41. The van der Waals surface area contributed by atoms with Gasteiger partial charge in [0.1, 0.15) is 5.82 Å². The first kappa shape index (κ1) is 14.5. The van der Waals surface area contributed by atoms with Crippen LogP contribution < -0.4 is 5.84 Å². The maximum Gasteiger partial charge on any atom is 0.286 e. The third kappa shape index (κ3) is 2.65. The summed E-state index contributed by atoms with van der Waals surface area (Å²) in [7, 11) is 0. The van der Waals surface area contributed by atoms with Crippen LogP contribution in [0.4, 0.5) is 10.1 Å². The number of halogens is 1. The molecule has 0 radical (unpaired) electrons. The van der Waals surface area contributed by atoms with Crippen molar-refractivity contribution in [2.24, 2.45) is 0 Å². The molecular weight excluding hydrogens is 329 g/mol. The van der Waals surface area contributed by atoms with Crippen LogP contribution in [-0.2, 0) is 0 Å². The van der Waals surface area contributed by atoms with Crippen LogP contribution in [0.15, 0.2) is 45.8 Å². The van der Waals surface area contributed by atoms with E-state index in [-0.39, 0.29) is 15.7 Å². The third-order valence-corrected chi connectivity index (χ3v) is 4.62. The molecule has 0 fully saturated rings. The van der Waals surface area contributed by atoms with E-state index in [4.69, 9.17) is 5.84 Å². The smallest absolute Gasteiger partial charge is 0.286 e. The minimum absolute atomic E-state index is 0.239. The van der Waals surface area contributed by atoms with Gasteiger partial charge in [-0.3, -0.25) is 10.1 Å². The summed E-state index contributed by atoms with van der Waals surface area (Å²) in [5, 5.41) is 21.1. The lowest BCUT2D eigenvalue weighted by atomic mass is 10.3. The van der Waals surface area contributed by atoms with E-state index in [0.29, 0.717) is 5.82 Å². The first-order valence-electron chi connectivity index (χ1n) is 5.92. The first-order valence-corrected chi connectivity index (χ1v) is 7.62. The molecule has 0 aliphatic rings. The number of thiophene rings is 1. The van der Waals surface area contributed by atoms with Crippen molar-refractivity contribution in [2.45, 2.75) is 10.1 Å². The minimum Gasteiger partial charge on any atom is -0.335 e. The highest BCUT2D eigenvalue weighted by Gasteiger charge is 2.20. The summed E-state index contributed by atoms with van der Waals surface area (Å²) in [6, 6.07) is 7.02. The Morgan fingerprint density at radius 2 is 2.18 bits per heavy atom. The lowest BCUT2D eigenvalue weighted by Crippen LogP contribution is -2.11. The molecule has 3 rings (SSSR count). The number of aromatic nitrogens is 3. The lowest BCUT2D eigenvalue weighted by molar-refractivity contribution is -0.387. The molecular formula is C12H8FN5O2S2. The van der Waals surface area contributed by atoms with Crippen LogP contribution in [-0.4, -0.2) is 19.8 Å². The Kier molecular flexibility index (Phi) is 3.77. The Bertz CT molecular complexity index is 834. The highest BCUT2D eigenvalue weighted by Crippen LogP contribution is 2.35. The Hall–Kier alpha value is -2.46. The fourth-order valence-electron chi connectivity index (χ4n) is 1.74. The number of benzene rings is 1. The highest BCUT2D eigenvalue weighted by atomic mass is 32.2. The van der Waals surface area contributed by atoms with Gasteiger partial charge in [-0.15, -0.1) is 21.5 Å². The molecule has 0 aliphatic carbocycles. The van der Waals surface area contributed by atoms with E-state index in [1.54, 1.807) is 0 Å². The maximum absolute atomic E-state index is 13.1. The Morgan fingerprint density at radius 3 is 2.86 bits per heavy atom. The molecule has 0 spiro atoms. The van der Waals surface area contributed by atoms with E-state index >= 15 is 0 Å². The predicted octanol–water partition coefficient (Wildman–Crippen LogP) is 2.92. The molecule has 2 heterocycles. The molecule has 22 heavy (non-hydrogen) atoms. The molecule has 0 amide bonds. The summed E-state index contributed by atoms with van der Waals surface area (Å²) in [5.41, 5.74) is -0.342. The van der Waals surface area contributed by atoms with Gasteiger partial charge in [0.25, 0.3) is 5.69 Å². The second-order valence-electron chi connectivity index (χ2n) is 4.12. The van der Waals surface area contributed by atoms with E-state index in [9.17, 15) is 14.5 Å². The summed E-state index contributed by atoms with van der Waals surface area (Å²) < 4.78 is 14.4. The van der Waals surface area contributed by atoms with Gasteiger partial charge in [-0.1, -0.05) is 6.07 Å². The molecule has 0 saturated carbocycles. The van der Waals surface area contributed by atoms with Crippen molar-refractivity contribution in [3.8, 4) is 10.7 Å². The summed E-state index contributed by atoms with van der Waals surface area (Å²) in [6.07, 6.45) is 0. The number of nitro groups is 1. The zero-order valence-corrected chi connectivity index (χ0v) is 12.5. The fraction of sp³-hybridized carbons (Fsp3) is 0. The number of rotatable bonds is 4. The van der Waals surface area contributed by atoms with Crippen LogP contribution in [0.5, 0.6) is 0 Å². The number of nitrogens with two attached hydrogens (primary N) is 1. The fourth-order valence-corrected chi connectivity index (χ4v) is 3.28. The zero-order valence-electron chi connectivity index (χ0n) is 10.8. The van der Waals surface area contributed by atoms with Crippen LogP contribution >= 0.6 is 23.1 Å².